The fraction of sp³-hybridized carbons (Fsp3) is 0.318. The van der Waals surface area contributed by atoms with Crippen LogP contribution in [0.1, 0.15) is 47.8 Å². The largest absolute Gasteiger partial charge is 0.573 e. The van der Waals surface area contributed by atoms with Crippen LogP contribution in [-0.4, -0.2) is 33.3 Å². The monoisotopic (exact) mass is 457 g/mol. The summed E-state index contributed by atoms with van der Waals surface area (Å²) in [7, 11) is 0. The second-order valence-corrected chi connectivity index (χ2v) is 7.72. The molecular formula is C22H18F3N5O3. The zero-order valence-corrected chi connectivity index (χ0v) is 17.2. The molecule has 1 aromatic carbocycles. The number of rotatable bonds is 5. The molecule has 1 aliphatic carbocycles. The van der Waals surface area contributed by atoms with Crippen LogP contribution in [0.5, 0.6) is 5.75 Å². The number of nitrogens with one attached hydrogen (secondary N) is 1. The topological polar surface area (TPSA) is 110 Å². The summed E-state index contributed by atoms with van der Waals surface area (Å²) >= 11 is 0. The standard InChI is InChI=1S/C22H18F3N5O3/c23-22(24,25)33-20-9-17-16(8-18(20)28-21(32)14-2-1-7-27-11-14)19(10-26)30(29-17)15-5-3-13(12-31)4-6-15/h1-2,7-9,11-13,15H,3-6H2,(H,28,32). The molecule has 8 nitrogen and oxygen atoms in total. The number of benzene rings is 1. The Morgan fingerprint density at radius 3 is 2.64 bits per heavy atom. The van der Waals surface area contributed by atoms with Gasteiger partial charge in [-0.1, -0.05) is 0 Å². The Labute approximate surface area is 186 Å². The van der Waals surface area contributed by atoms with Crippen molar-refractivity contribution in [3.05, 3.63) is 47.9 Å². The minimum absolute atomic E-state index is 0.0437. The van der Waals surface area contributed by atoms with E-state index in [2.05, 4.69) is 26.2 Å². The van der Waals surface area contributed by atoms with Crippen molar-refractivity contribution in [3.8, 4) is 11.8 Å². The number of pyridine rings is 1. The highest BCUT2D eigenvalue weighted by molar-refractivity contribution is 6.06. The molecule has 33 heavy (non-hydrogen) atoms. The first-order valence-electron chi connectivity index (χ1n) is 10.2. The third-order valence-corrected chi connectivity index (χ3v) is 5.58. The molecule has 1 aliphatic rings. The summed E-state index contributed by atoms with van der Waals surface area (Å²) in [6.45, 7) is 0. The third-order valence-electron chi connectivity index (χ3n) is 5.58. The molecule has 0 saturated heterocycles. The number of anilines is 1. The molecular weight excluding hydrogens is 439 g/mol. The maximum atomic E-state index is 13.0. The zero-order chi connectivity index (χ0) is 23.6. The van der Waals surface area contributed by atoms with Crippen molar-refractivity contribution < 1.29 is 27.5 Å². The third kappa shape index (κ3) is 4.79. The average Bonchev–Trinajstić information content (AvgIpc) is 3.16. The quantitative estimate of drug-likeness (QED) is 0.570. The highest BCUT2D eigenvalue weighted by Gasteiger charge is 2.33. The second-order valence-electron chi connectivity index (χ2n) is 7.72. The Hall–Kier alpha value is -3.94. The number of halogens is 3. The summed E-state index contributed by atoms with van der Waals surface area (Å²) in [5, 5.41) is 16.8. The molecule has 3 aromatic rings. The number of ether oxygens (including phenoxy) is 1. The predicted molar refractivity (Wildman–Crippen MR) is 110 cm³/mol. The fourth-order valence-corrected chi connectivity index (χ4v) is 3.99. The average molecular weight is 457 g/mol. The highest BCUT2D eigenvalue weighted by Crippen LogP contribution is 2.38. The number of amides is 1. The first-order valence-corrected chi connectivity index (χ1v) is 10.2. The van der Waals surface area contributed by atoms with E-state index >= 15 is 0 Å². The Balaban J connectivity index is 1.76. The van der Waals surface area contributed by atoms with Crippen LogP contribution in [0.3, 0.4) is 0 Å². The lowest BCUT2D eigenvalue weighted by molar-refractivity contribution is -0.274. The van der Waals surface area contributed by atoms with Gasteiger partial charge in [0.25, 0.3) is 5.91 Å². The summed E-state index contributed by atoms with van der Waals surface area (Å²) in [4.78, 5) is 27.4. The SMILES string of the molecule is N#Cc1c2cc(NC(=O)c3cccnc3)c(OC(F)(F)F)cc2nn1C1CCC(C=O)CC1. The number of aromatic nitrogens is 3. The molecule has 1 N–H and O–H groups in total. The second kappa shape index (κ2) is 8.90. The van der Waals surface area contributed by atoms with E-state index in [9.17, 15) is 28.0 Å². The van der Waals surface area contributed by atoms with E-state index < -0.39 is 18.0 Å². The van der Waals surface area contributed by atoms with Crippen LogP contribution < -0.4 is 10.1 Å². The van der Waals surface area contributed by atoms with Crippen LogP contribution in [0.25, 0.3) is 10.9 Å². The first-order chi connectivity index (χ1) is 15.8. The molecule has 0 atom stereocenters. The molecule has 2 aromatic heterocycles. The van der Waals surface area contributed by atoms with E-state index in [4.69, 9.17) is 0 Å². The van der Waals surface area contributed by atoms with Gasteiger partial charge in [0, 0.05) is 29.8 Å². The Morgan fingerprint density at radius 2 is 2.03 bits per heavy atom. The van der Waals surface area contributed by atoms with Crippen LogP contribution in [0.15, 0.2) is 36.7 Å². The molecule has 0 spiro atoms. The number of nitriles is 1. The van der Waals surface area contributed by atoms with Gasteiger partial charge in [-0.05, 0) is 43.9 Å². The molecule has 1 saturated carbocycles. The summed E-state index contributed by atoms with van der Waals surface area (Å²) < 4.78 is 44.8. The van der Waals surface area contributed by atoms with Crippen molar-refractivity contribution in [1.29, 1.82) is 5.26 Å². The lowest BCUT2D eigenvalue weighted by Gasteiger charge is -2.26. The van der Waals surface area contributed by atoms with Gasteiger partial charge in [0.15, 0.2) is 5.75 Å². The maximum Gasteiger partial charge on any atom is 0.573 e. The van der Waals surface area contributed by atoms with E-state index in [1.54, 1.807) is 0 Å². The van der Waals surface area contributed by atoms with Gasteiger partial charge in [0.05, 0.1) is 22.8 Å². The number of carbonyl (C=O) groups is 2. The minimum atomic E-state index is -5.00. The van der Waals surface area contributed by atoms with Gasteiger partial charge in [-0.2, -0.15) is 10.4 Å². The van der Waals surface area contributed by atoms with Crippen LogP contribution in [0.2, 0.25) is 0 Å². The molecule has 1 amide bonds. The smallest absolute Gasteiger partial charge is 0.403 e. The normalized spacial score (nSPS) is 18.5. The van der Waals surface area contributed by atoms with Crippen molar-refractivity contribution in [2.75, 3.05) is 5.32 Å². The fourth-order valence-electron chi connectivity index (χ4n) is 3.99. The van der Waals surface area contributed by atoms with Gasteiger partial charge >= 0.3 is 6.36 Å². The van der Waals surface area contributed by atoms with Gasteiger partial charge in [-0.3, -0.25) is 14.5 Å². The molecule has 0 unspecified atom stereocenters. The number of hydrogen-bond donors (Lipinski definition) is 1. The van der Waals surface area contributed by atoms with E-state index in [1.807, 2.05) is 0 Å². The van der Waals surface area contributed by atoms with E-state index in [0.29, 0.717) is 25.7 Å². The van der Waals surface area contributed by atoms with Gasteiger partial charge < -0.3 is 14.8 Å². The van der Waals surface area contributed by atoms with Crippen LogP contribution in [0.4, 0.5) is 18.9 Å². The van der Waals surface area contributed by atoms with Crippen LogP contribution >= 0.6 is 0 Å². The number of nitrogens with zero attached hydrogens (tertiary/aromatic N) is 4. The number of hydrogen-bond acceptors (Lipinski definition) is 6. The Morgan fingerprint density at radius 1 is 1.27 bits per heavy atom. The number of carbonyl (C=O) groups excluding carboxylic acids is 2. The van der Waals surface area contributed by atoms with E-state index in [-0.39, 0.29) is 39.8 Å². The van der Waals surface area contributed by atoms with Crippen LogP contribution in [-0.2, 0) is 4.79 Å². The number of fused-ring (bicyclic) bond motifs is 1. The predicted octanol–water partition coefficient (Wildman–Crippen LogP) is 4.38. The lowest BCUT2D eigenvalue weighted by Crippen LogP contribution is -2.20. The number of alkyl halides is 3. The first kappa shape index (κ1) is 22.3. The molecule has 0 bridgehead atoms. The Kier molecular flexibility index (Phi) is 6.00. The van der Waals surface area contributed by atoms with Crippen molar-refractivity contribution >= 4 is 28.8 Å². The van der Waals surface area contributed by atoms with Crippen molar-refractivity contribution in [2.45, 2.75) is 38.1 Å². The van der Waals surface area contributed by atoms with E-state index in [1.165, 1.54) is 35.3 Å². The van der Waals surface area contributed by atoms with Crippen molar-refractivity contribution in [3.63, 3.8) is 0 Å². The summed E-state index contributed by atoms with van der Waals surface area (Å²) in [6.07, 6.45) is 1.15. The summed E-state index contributed by atoms with van der Waals surface area (Å²) in [5.41, 5.74) is 0.172. The van der Waals surface area contributed by atoms with Gasteiger partial charge in [-0.15, -0.1) is 13.2 Å². The lowest BCUT2D eigenvalue weighted by atomic mass is 9.87. The molecule has 0 radical (unpaired) electrons. The van der Waals surface area contributed by atoms with Crippen LogP contribution in [0, 0.1) is 17.2 Å². The highest BCUT2D eigenvalue weighted by atomic mass is 19.4. The van der Waals surface area contributed by atoms with Crippen molar-refractivity contribution in [2.24, 2.45) is 5.92 Å². The molecule has 4 rings (SSSR count). The molecule has 2 heterocycles. The maximum absolute atomic E-state index is 13.0. The molecule has 1 fully saturated rings. The van der Waals surface area contributed by atoms with E-state index in [0.717, 1.165) is 12.4 Å². The minimum Gasteiger partial charge on any atom is -0.403 e. The van der Waals surface area contributed by atoms with Gasteiger partial charge in [0.2, 0.25) is 0 Å². The zero-order valence-electron chi connectivity index (χ0n) is 17.2. The molecule has 11 heteroatoms. The van der Waals surface area contributed by atoms with Gasteiger partial charge in [0.1, 0.15) is 18.0 Å². The molecule has 0 aliphatic heterocycles. The summed E-state index contributed by atoms with van der Waals surface area (Å²) in [6, 6.07) is 7.18. The summed E-state index contributed by atoms with van der Waals surface area (Å²) in [5.74, 6) is -1.38. The van der Waals surface area contributed by atoms with Gasteiger partial charge in [-0.25, -0.2) is 0 Å². The molecule has 170 valence electrons. The van der Waals surface area contributed by atoms with Crippen molar-refractivity contribution in [1.82, 2.24) is 14.8 Å². The number of aldehydes is 1. The Bertz CT molecular complexity index is 1230.